The van der Waals surface area contributed by atoms with Gasteiger partial charge in [-0.3, -0.25) is 0 Å². The number of halogens is 6. The van der Waals surface area contributed by atoms with Crippen LogP contribution in [0.1, 0.15) is 5.56 Å². The number of hydrogen-bond donors (Lipinski definition) is 1. The van der Waals surface area contributed by atoms with Gasteiger partial charge in [0.15, 0.2) is 11.6 Å². The summed E-state index contributed by atoms with van der Waals surface area (Å²) in [7, 11) is 6.25. The predicted molar refractivity (Wildman–Crippen MR) is 76.0 cm³/mol. The molecule has 0 radical (unpaired) electrons. The van der Waals surface area contributed by atoms with E-state index in [9.17, 15) is 22.0 Å². The van der Waals surface area contributed by atoms with Gasteiger partial charge in [-0.25, -0.2) is 18.7 Å². The molecule has 0 aliphatic carbocycles. The topological polar surface area (TPSA) is 41.6 Å². The summed E-state index contributed by atoms with van der Waals surface area (Å²) < 4.78 is 66.8. The maximum atomic E-state index is 14.0. The molecule has 0 atom stereocenters. The number of H-pyrrole nitrogens is 1. The Labute approximate surface area is 134 Å². The third-order valence-electron chi connectivity index (χ3n) is 3.07. The van der Waals surface area contributed by atoms with E-state index in [0.717, 1.165) is 12.4 Å². The van der Waals surface area contributed by atoms with Gasteiger partial charge in [0.05, 0.1) is 28.5 Å². The van der Waals surface area contributed by atoms with Crippen molar-refractivity contribution < 1.29 is 22.0 Å². The minimum atomic E-state index is -4.84. The summed E-state index contributed by atoms with van der Waals surface area (Å²) in [6, 6.07) is 1.61. The summed E-state index contributed by atoms with van der Waals surface area (Å²) in [6.07, 6.45) is -3.36. The second kappa shape index (κ2) is 5.64. The lowest BCUT2D eigenvalue weighted by Crippen LogP contribution is -2.09. The van der Waals surface area contributed by atoms with Gasteiger partial charge in [0.2, 0.25) is 0 Å². The van der Waals surface area contributed by atoms with Gasteiger partial charge in [-0.15, -0.1) is 0 Å². The Morgan fingerprint density at radius 2 is 1.74 bits per heavy atom. The van der Waals surface area contributed by atoms with Crippen LogP contribution in [0.5, 0.6) is 0 Å². The van der Waals surface area contributed by atoms with E-state index < -0.39 is 28.9 Å². The molecule has 2 heterocycles. The number of fused-ring (bicyclic) bond motifs is 1. The van der Waals surface area contributed by atoms with Gasteiger partial charge in [0.1, 0.15) is 5.82 Å². The molecule has 0 bridgehead atoms. The first-order valence-electron chi connectivity index (χ1n) is 6.00. The van der Waals surface area contributed by atoms with Gasteiger partial charge in [0.25, 0.3) is 0 Å². The molecule has 1 aromatic carbocycles. The van der Waals surface area contributed by atoms with E-state index in [0.29, 0.717) is 17.0 Å². The van der Waals surface area contributed by atoms with Crippen molar-refractivity contribution in [2.75, 3.05) is 0 Å². The fourth-order valence-electron chi connectivity index (χ4n) is 2.18. The number of benzene rings is 1. The summed E-state index contributed by atoms with van der Waals surface area (Å²) in [5, 5.41) is 0.162. The molecular weight excluding hydrogens is 361 g/mol. The minimum absolute atomic E-state index is 0.0907. The molecule has 23 heavy (non-hydrogen) atoms. The van der Waals surface area contributed by atoms with Crippen LogP contribution in [0.25, 0.3) is 22.3 Å². The zero-order chi connectivity index (χ0) is 16.8. The zero-order valence-electron chi connectivity index (χ0n) is 10.9. The number of hydrogen-bond acceptors (Lipinski definition) is 3. The third kappa shape index (κ3) is 2.86. The first-order valence-corrected chi connectivity index (χ1v) is 7.64. The maximum Gasteiger partial charge on any atom is 0.417 e. The van der Waals surface area contributed by atoms with Gasteiger partial charge >= 0.3 is 6.18 Å². The highest BCUT2D eigenvalue weighted by Gasteiger charge is 2.37. The van der Waals surface area contributed by atoms with E-state index in [1.807, 2.05) is 0 Å². The Hall–Kier alpha value is -1.87. The number of alkyl halides is 3. The van der Waals surface area contributed by atoms with E-state index >= 15 is 0 Å². The second-order valence-corrected chi connectivity index (χ2v) is 5.56. The summed E-state index contributed by atoms with van der Waals surface area (Å²) >= 11 is 0. The highest BCUT2D eigenvalue weighted by atomic mass is 35.7. The van der Waals surface area contributed by atoms with Gasteiger partial charge in [-0.1, -0.05) is 0 Å². The average Bonchev–Trinajstić information content (AvgIpc) is 2.92. The van der Waals surface area contributed by atoms with Crippen LogP contribution in [-0.4, -0.2) is 15.0 Å². The van der Waals surface area contributed by atoms with Crippen molar-refractivity contribution in [3.05, 3.63) is 41.7 Å². The molecule has 120 valence electrons. The van der Waals surface area contributed by atoms with E-state index in [-0.39, 0.29) is 21.8 Å². The summed E-state index contributed by atoms with van der Waals surface area (Å²) in [4.78, 5) is 9.72. The average molecular weight is 366 g/mol. The lowest BCUT2D eigenvalue weighted by atomic mass is 10.0. The number of nitrogens with zero attached hydrogens (tertiary/aromatic N) is 2. The molecule has 0 saturated carbocycles. The Morgan fingerprint density at radius 1 is 1.09 bits per heavy atom. The molecule has 3 rings (SSSR count). The SMILES string of the molecule is Fc1cnc(-c2c(C(F)(F)F)cc(F)c3[nH]c(SCl)cc23)nc1. The van der Waals surface area contributed by atoms with E-state index in [4.69, 9.17) is 10.7 Å². The molecule has 0 saturated heterocycles. The smallest absolute Gasteiger partial charge is 0.346 e. The second-order valence-electron chi connectivity index (χ2n) is 4.50. The summed E-state index contributed by atoms with van der Waals surface area (Å²) in [5.41, 5.74) is -1.86. The molecular formula is C13H5ClF5N3S. The molecule has 0 spiro atoms. The monoisotopic (exact) mass is 365 g/mol. The molecule has 0 amide bonds. The van der Waals surface area contributed by atoms with Crippen molar-refractivity contribution in [3.63, 3.8) is 0 Å². The zero-order valence-corrected chi connectivity index (χ0v) is 12.5. The Morgan fingerprint density at radius 3 is 2.30 bits per heavy atom. The fraction of sp³-hybridized carbons (Fsp3) is 0.0769. The van der Waals surface area contributed by atoms with Gasteiger partial charge in [-0.05, 0) is 33.8 Å². The van der Waals surface area contributed by atoms with Crippen molar-refractivity contribution in [3.8, 4) is 11.4 Å². The standard InChI is InChI=1S/C13H5ClF5N3S/c14-23-9-1-6-10(12-20-3-5(15)4-21-12)7(13(17,18)19)2-8(16)11(6)22-9/h1-4,22H. The van der Waals surface area contributed by atoms with Crippen LogP contribution in [-0.2, 0) is 6.18 Å². The highest BCUT2D eigenvalue weighted by molar-refractivity contribution is 8.21. The van der Waals surface area contributed by atoms with E-state index in [1.54, 1.807) is 0 Å². The number of aromatic amines is 1. The highest BCUT2D eigenvalue weighted by Crippen LogP contribution is 2.42. The van der Waals surface area contributed by atoms with E-state index in [1.165, 1.54) is 6.07 Å². The van der Waals surface area contributed by atoms with Gasteiger partial charge in [-0.2, -0.15) is 13.2 Å². The Kier molecular flexibility index (Phi) is 3.93. The van der Waals surface area contributed by atoms with Crippen molar-refractivity contribution in [2.45, 2.75) is 11.2 Å². The van der Waals surface area contributed by atoms with Crippen molar-refractivity contribution in [1.29, 1.82) is 0 Å². The Bertz CT molecular complexity index is 876. The minimum Gasteiger partial charge on any atom is -0.346 e. The van der Waals surface area contributed by atoms with Gasteiger partial charge in [0, 0.05) is 10.9 Å². The Balaban J connectivity index is 2.41. The molecule has 0 aliphatic rings. The first-order chi connectivity index (χ1) is 10.8. The lowest BCUT2D eigenvalue weighted by Gasteiger charge is -2.13. The lowest BCUT2D eigenvalue weighted by molar-refractivity contribution is -0.137. The number of rotatable bonds is 2. The maximum absolute atomic E-state index is 14.0. The number of nitrogens with one attached hydrogen (secondary N) is 1. The largest absolute Gasteiger partial charge is 0.417 e. The van der Waals surface area contributed by atoms with Crippen molar-refractivity contribution >= 4 is 32.6 Å². The normalized spacial score (nSPS) is 12.1. The molecule has 10 heteroatoms. The molecule has 3 nitrogen and oxygen atoms in total. The van der Waals surface area contributed by atoms with Gasteiger partial charge < -0.3 is 4.98 Å². The first kappa shape index (κ1) is 16.0. The molecule has 1 N–H and O–H groups in total. The van der Waals surface area contributed by atoms with Crippen LogP contribution in [0.2, 0.25) is 0 Å². The summed E-state index contributed by atoms with van der Waals surface area (Å²) in [5.74, 6) is -2.25. The molecule has 2 aromatic heterocycles. The van der Waals surface area contributed by atoms with Crippen LogP contribution in [0.4, 0.5) is 22.0 Å². The number of aromatic nitrogens is 3. The molecule has 0 unspecified atom stereocenters. The molecule has 3 aromatic rings. The molecule has 0 fully saturated rings. The predicted octanol–water partition coefficient (Wildman–Crippen LogP) is 5.17. The third-order valence-corrected chi connectivity index (χ3v) is 3.96. The van der Waals surface area contributed by atoms with E-state index in [2.05, 4.69) is 15.0 Å². The van der Waals surface area contributed by atoms with Crippen molar-refractivity contribution in [1.82, 2.24) is 15.0 Å². The quantitative estimate of drug-likeness (QED) is 0.637. The summed E-state index contributed by atoms with van der Waals surface area (Å²) in [6.45, 7) is 0. The molecule has 0 aliphatic heterocycles. The fourth-order valence-corrected chi connectivity index (χ4v) is 2.73. The van der Waals surface area contributed by atoms with Crippen LogP contribution in [0.3, 0.4) is 0 Å². The van der Waals surface area contributed by atoms with Crippen LogP contribution in [0.15, 0.2) is 29.6 Å². The van der Waals surface area contributed by atoms with Crippen LogP contribution < -0.4 is 0 Å². The van der Waals surface area contributed by atoms with Crippen molar-refractivity contribution in [2.24, 2.45) is 0 Å². The van der Waals surface area contributed by atoms with Crippen LogP contribution >= 0.6 is 21.7 Å². The van der Waals surface area contributed by atoms with Crippen LogP contribution in [0, 0.1) is 11.6 Å².